The van der Waals surface area contributed by atoms with Crippen molar-refractivity contribution < 1.29 is 4.79 Å². The summed E-state index contributed by atoms with van der Waals surface area (Å²) in [5.41, 5.74) is 3.47. The molecule has 0 aliphatic rings. The second-order valence-electron chi connectivity index (χ2n) is 7.03. The number of benzene rings is 2. The molecule has 0 fully saturated rings. The number of H-pyrrole nitrogens is 1. The van der Waals surface area contributed by atoms with Gasteiger partial charge in [0.2, 0.25) is 11.1 Å². The third kappa shape index (κ3) is 5.70. The molecular formula is C22H26N4OS. The van der Waals surface area contributed by atoms with E-state index in [-0.39, 0.29) is 17.2 Å². The average molecular weight is 395 g/mol. The van der Waals surface area contributed by atoms with Crippen LogP contribution in [-0.2, 0) is 11.2 Å². The van der Waals surface area contributed by atoms with Gasteiger partial charge >= 0.3 is 0 Å². The summed E-state index contributed by atoms with van der Waals surface area (Å²) >= 11 is 1.36. The maximum Gasteiger partial charge on any atom is 0.233 e. The highest BCUT2D eigenvalue weighted by Gasteiger charge is 2.19. The van der Waals surface area contributed by atoms with Crippen LogP contribution in [-0.4, -0.2) is 32.4 Å². The van der Waals surface area contributed by atoms with Gasteiger partial charge in [0.25, 0.3) is 0 Å². The third-order valence-corrected chi connectivity index (χ3v) is 5.50. The van der Waals surface area contributed by atoms with Crippen LogP contribution in [0.25, 0.3) is 11.4 Å². The molecule has 0 aliphatic heterocycles. The number of amides is 1. The van der Waals surface area contributed by atoms with E-state index in [1.807, 2.05) is 63.2 Å². The Bertz CT molecular complexity index is 892. The molecule has 2 N–H and O–H groups in total. The molecule has 0 radical (unpaired) electrons. The van der Waals surface area contributed by atoms with Gasteiger partial charge in [-0.05, 0) is 39.2 Å². The summed E-state index contributed by atoms with van der Waals surface area (Å²) in [5, 5.41) is 10.6. The Labute approximate surface area is 170 Å². The van der Waals surface area contributed by atoms with Gasteiger partial charge in [0.1, 0.15) is 0 Å². The maximum absolute atomic E-state index is 12.5. The molecule has 1 heterocycles. The number of nitrogens with one attached hydrogen (secondary N) is 2. The Balaban J connectivity index is 1.49. The quantitative estimate of drug-likeness (QED) is 0.556. The number of nitrogens with zero attached hydrogens (tertiary/aromatic N) is 2. The fourth-order valence-electron chi connectivity index (χ4n) is 2.81. The molecule has 5 nitrogen and oxygen atoms in total. The highest BCUT2D eigenvalue weighted by atomic mass is 32.2. The summed E-state index contributed by atoms with van der Waals surface area (Å²) < 4.78 is 0. The number of aromatic nitrogens is 3. The standard InChI is InChI=1S/C22H26N4OS/c1-15-9-13-19(14-10-15)20-24-22(26-25-20)28-17(3)21(27)23-16(2)11-12-18-7-5-4-6-8-18/h4-10,13-14,16-17H,11-12H2,1-3H3,(H,23,27)(H,24,25,26)/t16-,17-/m1/s1. The third-order valence-electron chi connectivity index (χ3n) is 4.54. The minimum atomic E-state index is -0.263. The zero-order chi connectivity index (χ0) is 19.9. The van der Waals surface area contributed by atoms with E-state index in [4.69, 9.17) is 0 Å². The van der Waals surface area contributed by atoms with Crippen LogP contribution in [0.1, 0.15) is 31.4 Å². The largest absolute Gasteiger partial charge is 0.353 e. The molecule has 0 bridgehead atoms. The molecular weight excluding hydrogens is 368 g/mol. The van der Waals surface area contributed by atoms with Gasteiger partial charge < -0.3 is 5.32 Å². The van der Waals surface area contributed by atoms with E-state index in [0.717, 1.165) is 18.4 Å². The minimum absolute atomic E-state index is 0.00671. The number of rotatable bonds is 8. The summed E-state index contributed by atoms with van der Waals surface area (Å²) in [6.45, 7) is 5.97. The van der Waals surface area contributed by atoms with Crippen LogP contribution in [0.15, 0.2) is 59.8 Å². The topological polar surface area (TPSA) is 70.7 Å². The van der Waals surface area contributed by atoms with Crippen molar-refractivity contribution in [2.75, 3.05) is 0 Å². The Hall–Kier alpha value is -2.60. The maximum atomic E-state index is 12.5. The van der Waals surface area contributed by atoms with E-state index in [9.17, 15) is 4.79 Å². The fraction of sp³-hybridized carbons (Fsp3) is 0.318. The van der Waals surface area contributed by atoms with Gasteiger partial charge in [0.15, 0.2) is 5.82 Å². The molecule has 146 valence electrons. The van der Waals surface area contributed by atoms with Crippen molar-refractivity contribution in [2.45, 2.75) is 50.1 Å². The minimum Gasteiger partial charge on any atom is -0.353 e. The second kappa shape index (κ2) is 9.55. The normalized spacial score (nSPS) is 13.1. The second-order valence-corrected chi connectivity index (χ2v) is 8.33. The Morgan fingerprint density at radius 3 is 2.54 bits per heavy atom. The lowest BCUT2D eigenvalue weighted by molar-refractivity contribution is -0.120. The number of hydrogen-bond donors (Lipinski definition) is 2. The molecule has 2 aromatic carbocycles. The van der Waals surface area contributed by atoms with Crippen molar-refractivity contribution in [3.05, 3.63) is 65.7 Å². The van der Waals surface area contributed by atoms with Gasteiger partial charge in [0, 0.05) is 11.6 Å². The van der Waals surface area contributed by atoms with Gasteiger partial charge in [-0.25, -0.2) is 4.98 Å². The van der Waals surface area contributed by atoms with E-state index in [2.05, 4.69) is 32.6 Å². The van der Waals surface area contributed by atoms with E-state index in [1.165, 1.54) is 22.9 Å². The van der Waals surface area contributed by atoms with Gasteiger partial charge in [-0.3, -0.25) is 9.89 Å². The van der Waals surface area contributed by atoms with Crippen LogP contribution < -0.4 is 5.32 Å². The van der Waals surface area contributed by atoms with Gasteiger partial charge in [-0.1, -0.05) is 71.9 Å². The molecule has 0 saturated carbocycles. The monoisotopic (exact) mass is 394 g/mol. The molecule has 0 aliphatic carbocycles. The van der Waals surface area contributed by atoms with E-state index in [0.29, 0.717) is 11.0 Å². The van der Waals surface area contributed by atoms with Crippen molar-refractivity contribution in [3.63, 3.8) is 0 Å². The molecule has 28 heavy (non-hydrogen) atoms. The van der Waals surface area contributed by atoms with Crippen molar-refractivity contribution in [1.29, 1.82) is 0 Å². The Kier molecular flexibility index (Phi) is 6.87. The molecule has 1 aromatic heterocycles. The molecule has 6 heteroatoms. The fourth-order valence-corrected chi connectivity index (χ4v) is 3.55. The molecule has 0 saturated heterocycles. The van der Waals surface area contributed by atoms with Crippen molar-refractivity contribution in [3.8, 4) is 11.4 Å². The van der Waals surface area contributed by atoms with Crippen LogP contribution in [0.5, 0.6) is 0 Å². The Morgan fingerprint density at radius 1 is 1.11 bits per heavy atom. The summed E-state index contributed by atoms with van der Waals surface area (Å²) in [4.78, 5) is 17.0. The molecule has 3 rings (SSSR count). The SMILES string of the molecule is Cc1ccc(-c2nc(S[C@H](C)C(=O)N[C@H](C)CCc3ccccc3)n[nH]2)cc1. The zero-order valence-electron chi connectivity index (χ0n) is 16.5. The van der Waals surface area contributed by atoms with Crippen LogP contribution in [0, 0.1) is 6.92 Å². The first kappa shape index (κ1) is 20.1. The lowest BCUT2D eigenvalue weighted by Crippen LogP contribution is -2.37. The summed E-state index contributed by atoms with van der Waals surface area (Å²) in [6.07, 6.45) is 1.86. The van der Waals surface area contributed by atoms with Crippen LogP contribution in [0.3, 0.4) is 0 Å². The molecule has 1 amide bonds. The predicted octanol–water partition coefficient (Wildman–Crippen LogP) is 4.40. The number of aromatic amines is 1. The van der Waals surface area contributed by atoms with Gasteiger partial charge in [-0.2, -0.15) is 0 Å². The van der Waals surface area contributed by atoms with Crippen molar-refractivity contribution in [2.24, 2.45) is 0 Å². The molecule has 0 unspecified atom stereocenters. The zero-order valence-corrected chi connectivity index (χ0v) is 17.3. The summed E-state index contributed by atoms with van der Waals surface area (Å²) in [7, 11) is 0. The number of carbonyl (C=O) groups is 1. The summed E-state index contributed by atoms with van der Waals surface area (Å²) in [5.74, 6) is 0.721. The van der Waals surface area contributed by atoms with Crippen LogP contribution in [0.4, 0.5) is 0 Å². The van der Waals surface area contributed by atoms with Crippen molar-refractivity contribution in [1.82, 2.24) is 20.5 Å². The first-order valence-electron chi connectivity index (χ1n) is 9.51. The highest BCUT2D eigenvalue weighted by molar-refractivity contribution is 8.00. The molecule has 3 aromatic rings. The van der Waals surface area contributed by atoms with E-state index < -0.39 is 0 Å². The van der Waals surface area contributed by atoms with E-state index in [1.54, 1.807) is 0 Å². The van der Waals surface area contributed by atoms with E-state index >= 15 is 0 Å². The van der Waals surface area contributed by atoms with Crippen LogP contribution in [0.2, 0.25) is 0 Å². The number of thioether (sulfide) groups is 1. The summed E-state index contributed by atoms with van der Waals surface area (Å²) in [6, 6.07) is 18.5. The average Bonchev–Trinajstić information content (AvgIpc) is 3.16. The van der Waals surface area contributed by atoms with Crippen molar-refractivity contribution >= 4 is 17.7 Å². The lowest BCUT2D eigenvalue weighted by Gasteiger charge is -2.16. The highest BCUT2D eigenvalue weighted by Crippen LogP contribution is 2.23. The molecule has 0 spiro atoms. The first-order chi connectivity index (χ1) is 13.5. The lowest BCUT2D eigenvalue weighted by atomic mass is 10.1. The van der Waals surface area contributed by atoms with Gasteiger partial charge in [-0.15, -0.1) is 5.10 Å². The Morgan fingerprint density at radius 2 is 1.82 bits per heavy atom. The van der Waals surface area contributed by atoms with Crippen LogP contribution >= 0.6 is 11.8 Å². The van der Waals surface area contributed by atoms with Gasteiger partial charge in [0.05, 0.1) is 5.25 Å². The molecule has 2 atom stereocenters. The predicted molar refractivity (Wildman–Crippen MR) is 114 cm³/mol. The number of hydrogen-bond acceptors (Lipinski definition) is 4. The number of aryl methyl sites for hydroxylation is 2. The smallest absolute Gasteiger partial charge is 0.233 e. The first-order valence-corrected chi connectivity index (χ1v) is 10.4. The number of carbonyl (C=O) groups excluding carboxylic acids is 1.